The normalized spacial score (nSPS) is 42.1. The molecule has 0 bridgehead atoms. The van der Waals surface area contributed by atoms with Crippen molar-refractivity contribution < 1.29 is 14.4 Å². The van der Waals surface area contributed by atoms with Crippen LogP contribution >= 0.6 is 0 Å². The second-order valence-corrected chi connectivity index (χ2v) is 13.3. The van der Waals surface area contributed by atoms with Gasteiger partial charge >= 0.3 is 5.97 Å². The third-order valence-corrected chi connectivity index (χ3v) is 11.7. The maximum absolute atomic E-state index is 11.8. The van der Waals surface area contributed by atoms with E-state index in [0.717, 1.165) is 25.2 Å². The van der Waals surface area contributed by atoms with Crippen molar-refractivity contribution in [1.82, 2.24) is 0 Å². The third kappa shape index (κ3) is 3.77. The van der Waals surface area contributed by atoms with Crippen LogP contribution < -0.4 is 0 Å². The minimum absolute atomic E-state index is 0.0232. The van der Waals surface area contributed by atoms with Crippen molar-refractivity contribution in [2.75, 3.05) is 7.11 Å². The van der Waals surface area contributed by atoms with Gasteiger partial charge in [0, 0.05) is 18.6 Å². The van der Waals surface area contributed by atoms with E-state index in [-0.39, 0.29) is 22.9 Å². The van der Waals surface area contributed by atoms with Crippen LogP contribution in [0.4, 0.5) is 0 Å². The summed E-state index contributed by atoms with van der Waals surface area (Å²) >= 11 is 0. The molecule has 4 aliphatic rings. The summed E-state index contributed by atoms with van der Waals surface area (Å²) in [7, 11) is 1.62. The van der Waals surface area contributed by atoms with Gasteiger partial charge in [0.25, 0.3) is 0 Å². The Morgan fingerprint density at radius 1 is 1.06 bits per heavy atom. The highest BCUT2D eigenvalue weighted by molar-refractivity contribution is 5.66. The molecule has 0 aromatic heterocycles. The van der Waals surface area contributed by atoms with Gasteiger partial charge in [0.1, 0.15) is 13.2 Å². The van der Waals surface area contributed by atoms with E-state index in [1.165, 1.54) is 44.9 Å². The quantitative estimate of drug-likeness (QED) is 0.172. The van der Waals surface area contributed by atoms with E-state index >= 15 is 0 Å². The van der Waals surface area contributed by atoms with E-state index in [4.69, 9.17) is 9.57 Å². The molecule has 4 aliphatic carbocycles. The van der Waals surface area contributed by atoms with Crippen LogP contribution in [0.1, 0.15) is 113 Å². The zero-order chi connectivity index (χ0) is 24.9. The number of ether oxygens (including phenoxy) is 1. The molecule has 0 saturated heterocycles. The van der Waals surface area contributed by atoms with E-state index in [2.05, 4.69) is 46.7 Å². The van der Waals surface area contributed by atoms with Gasteiger partial charge in [-0.05, 0) is 98.2 Å². The predicted molar refractivity (Wildman–Crippen MR) is 138 cm³/mol. The number of carbonyl (C=O) groups is 1. The fraction of sp³-hybridized carbons (Fsp3) is 0.867. The van der Waals surface area contributed by atoms with Gasteiger partial charge in [0.05, 0.1) is 0 Å². The summed E-state index contributed by atoms with van der Waals surface area (Å²) < 4.78 is 5.86. The summed E-state index contributed by atoms with van der Waals surface area (Å²) in [5, 5.41) is 3.96. The molecule has 4 nitrogen and oxygen atoms in total. The van der Waals surface area contributed by atoms with Gasteiger partial charge in [-0.15, -0.1) is 0 Å². The molecule has 192 valence electrons. The Bertz CT molecular complexity index is 859. The Hall–Kier alpha value is -1.32. The van der Waals surface area contributed by atoms with Crippen LogP contribution in [0.15, 0.2) is 16.3 Å². The summed E-state index contributed by atoms with van der Waals surface area (Å²) in [6, 6.07) is 0. The summed E-state index contributed by atoms with van der Waals surface area (Å²) in [4.78, 5) is 16.7. The topological polar surface area (TPSA) is 47.9 Å². The van der Waals surface area contributed by atoms with Crippen molar-refractivity contribution in [3.8, 4) is 0 Å². The van der Waals surface area contributed by atoms with E-state index in [9.17, 15) is 4.79 Å². The molecule has 0 aliphatic heterocycles. The summed E-state index contributed by atoms with van der Waals surface area (Å²) in [5.41, 5.74) is 4.62. The van der Waals surface area contributed by atoms with Crippen LogP contribution in [0.5, 0.6) is 0 Å². The predicted octanol–water partition coefficient (Wildman–Crippen LogP) is 7.72. The van der Waals surface area contributed by atoms with Gasteiger partial charge < -0.3 is 9.57 Å². The lowest BCUT2D eigenvalue weighted by atomic mass is 9.43. The maximum atomic E-state index is 11.8. The Labute approximate surface area is 208 Å². The van der Waals surface area contributed by atoms with E-state index in [0.29, 0.717) is 22.7 Å². The van der Waals surface area contributed by atoms with E-state index in [1.807, 2.05) is 11.8 Å². The molecule has 0 radical (unpaired) electrons. The molecular formula is C30H49NO3. The van der Waals surface area contributed by atoms with Crippen molar-refractivity contribution in [3.05, 3.63) is 11.1 Å². The number of rotatable bonds is 6. The molecule has 0 N–H and O–H groups in total. The Kier molecular flexibility index (Phi) is 6.79. The number of hydrogen-bond acceptors (Lipinski definition) is 4. The number of esters is 1. The average Bonchev–Trinajstić information content (AvgIpc) is 3.04. The van der Waals surface area contributed by atoms with E-state index < -0.39 is 0 Å². The molecule has 34 heavy (non-hydrogen) atoms. The van der Waals surface area contributed by atoms with Crippen LogP contribution in [0.2, 0.25) is 0 Å². The van der Waals surface area contributed by atoms with Gasteiger partial charge in [-0.3, -0.25) is 4.79 Å². The van der Waals surface area contributed by atoms with Crippen molar-refractivity contribution in [2.24, 2.45) is 44.6 Å². The number of fused-ring (bicyclic) bond motifs is 4. The van der Waals surface area contributed by atoms with Crippen molar-refractivity contribution >= 4 is 12.2 Å². The van der Waals surface area contributed by atoms with Crippen LogP contribution in [-0.4, -0.2) is 25.4 Å². The molecule has 0 aromatic rings. The van der Waals surface area contributed by atoms with Crippen LogP contribution in [0.25, 0.3) is 0 Å². The van der Waals surface area contributed by atoms with Gasteiger partial charge in [-0.2, -0.15) is 0 Å². The minimum atomic E-state index is -0.127. The standard InChI is InChI=1S/C30H49NO3/c1-20(10-9-19-31-33-8)22-13-17-30(7)24-11-12-25-27(3,4)26(34-21(2)32)15-16-28(25,5)23(24)14-18-29(22,30)6/h19-20,22,25-26H,9-18H2,1-8H3/b31-19+/t20-,22-,25+,26+,28-,29-,30+/m1/s1. The van der Waals surface area contributed by atoms with Gasteiger partial charge in [-0.25, -0.2) is 0 Å². The number of allylic oxidation sites excluding steroid dienone is 2. The lowest BCUT2D eigenvalue weighted by Gasteiger charge is -2.62. The van der Waals surface area contributed by atoms with Gasteiger partial charge in [0.15, 0.2) is 0 Å². The lowest BCUT2D eigenvalue weighted by molar-refractivity contribution is -0.167. The molecule has 0 heterocycles. The first kappa shape index (κ1) is 25.8. The minimum Gasteiger partial charge on any atom is -0.462 e. The van der Waals surface area contributed by atoms with Crippen LogP contribution in [0, 0.1) is 39.4 Å². The molecule has 7 atom stereocenters. The second-order valence-electron chi connectivity index (χ2n) is 13.3. The van der Waals surface area contributed by atoms with Gasteiger partial charge in [-0.1, -0.05) is 57.8 Å². The highest BCUT2D eigenvalue weighted by Crippen LogP contribution is 2.72. The Morgan fingerprint density at radius 3 is 2.47 bits per heavy atom. The first-order chi connectivity index (χ1) is 15.9. The van der Waals surface area contributed by atoms with Crippen molar-refractivity contribution in [2.45, 2.75) is 119 Å². The molecule has 0 aromatic carbocycles. The highest BCUT2D eigenvalue weighted by atomic mass is 16.6. The largest absolute Gasteiger partial charge is 0.462 e. The number of carbonyl (C=O) groups excluding carboxylic acids is 1. The number of hydrogen-bond donors (Lipinski definition) is 0. The third-order valence-electron chi connectivity index (χ3n) is 11.7. The molecule has 2 saturated carbocycles. The lowest BCUT2D eigenvalue weighted by Crippen LogP contribution is -2.55. The fourth-order valence-electron chi connectivity index (χ4n) is 9.69. The molecule has 0 unspecified atom stereocenters. The highest BCUT2D eigenvalue weighted by Gasteiger charge is 2.63. The van der Waals surface area contributed by atoms with Crippen molar-refractivity contribution in [1.29, 1.82) is 0 Å². The molecule has 0 spiro atoms. The molecular weight excluding hydrogens is 422 g/mol. The zero-order valence-corrected chi connectivity index (χ0v) is 23.1. The summed E-state index contributed by atoms with van der Waals surface area (Å²) in [6.07, 6.45) is 14.1. The average molecular weight is 472 g/mol. The maximum Gasteiger partial charge on any atom is 0.302 e. The number of oxime groups is 1. The summed E-state index contributed by atoms with van der Waals surface area (Å²) in [6.45, 7) is 16.6. The molecule has 0 amide bonds. The molecule has 4 heteroatoms. The van der Waals surface area contributed by atoms with Gasteiger partial charge in [0.2, 0.25) is 0 Å². The first-order valence-corrected chi connectivity index (χ1v) is 13.9. The first-order valence-electron chi connectivity index (χ1n) is 13.9. The number of nitrogens with zero attached hydrogens (tertiary/aromatic N) is 1. The monoisotopic (exact) mass is 471 g/mol. The molecule has 2 fully saturated rings. The second kappa shape index (κ2) is 8.96. The SMILES string of the molecule is CO/N=C/CC[C@@H](C)[C@H]1CC[C@@]2(C)C3=C(CC[C@]12C)[C@@]1(C)CC[C@H](OC(C)=O)C(C)(C)[C@@H]1CC3. The Morgan fingerprint density at radius 2 is 1.79 bits per heavy atom. The van der Waals surface area contributed by atoms with E-state index in [1.54, 1.807) is 19.6 Å². The Balaban J connectivity index is 1.62. The molecule has 4 rings (SSSR count). The zero-order valence-electron chi connectivity index (χ0n) is 23.1. The van der Waals surface area contributed by atoms with Crippen LogP contribution in [-0.2, 0) is 14.4 Å². The van der Waals surface area contributed by atoms with Crippen molar-refractivity contribution in [3.63, 3.8) is 0 Å². The van der Waals surface area contributed by atoms with Crippen LogP contribution in [0.3, 0.4) is 0 Å². The fourth-order valence-corrected chi connectivity index (χ4v) is 9.69. The smallest absolute Gasteiger partial charge is 0.302 e. The summed E-state index contributed by atoms with van der Waals surface area (Å²) in [5.74, 6) is 1.95.